The first-order chi connectivity index (χ1) is 6.54. The van der Waals surface area contributed by atoms with Crippen molar-refractivity contribution in [2.75, 3.05) is 13.2 Å². The molecule has 0 saturated heterocycles. The van der Waals surface area contributed by atoms with Gasteiger partial charge in [-0.3, -0.25) is 0 Å². The van der Waals surface area contributed by atoms with Gasteiger partial charge in [0.25, 0.3) is 5.19 Å². The molecule has 1 heterocycles. The predicted molar refractivity (Wildman–Crippen MR) is 44.1 cm³/mol. The van der Waals surface area contributed by atoms with Crippen molar-refractivity contribution < 1.29 is 17.9 Å². The number of nitrogens with two attached hydrogens (primary N) is 1. The van der Waals surface area contributed by atoms with Gasteiger partial charge in [0, 0.05) is 0 Å². The van der Waals surface area contributed by atoms with E-state index in [0.717, 1.165) is 0 Å². The van der Waals surface area contributed by atoms with Crippen LogP contribution in [0.1, 0.15) is 11.4 Å². The molecule has 2 N–H and O–H groups in total. The summed E-state index contributed by atoms with van der Waals surface area (Å²) in [5.74, 6) is 0. The van der Waals surface area contributed by atoms with Crippen LogP contribution in [-0.2, 0) is 6.18 Å². The van der Waals surface area contributed by atoms with Crippen LogP contribution in [0.5, 0.6) is 5.19 Å². The SMILES string of the molecule is NCCCOc1nnc(C(F)(F)F)s1. The molecule has 1 rings (SSSR count). The zero-order valence-electron chi connectivity index (χ0n) is 7.04. The van der Waals surface area contributed by atoms with Crippen LogP contribution >= 0.6 is 11.3 Å². The first-order valence-electron chi connectivity index (χ1n) is 3.77. The summed E-state index contributed by atoms with van der Waals surface area (Å²) in [6, 6.07) is 0. The Bertz CT molecular complexity index is 288. The molecule has 0 unspecified atom stereocenters. The Labute approximate surface area is 81.9 Å². The van der Waals surface area contributed by atoms with E-state index in [1.165, 1.54) is 0 Å². The molecule has 0 saturated carbocycles. The molecule has 1 aromatic rings. The molecule has 1 aromatic heterocycles. The Morgan fingerprint density at radius 1 is 1.36 bits per heavy atom. The average molecular weight is 227 g/mol. The maximum absolute atomic E-state index is 12.0. The minimum atomic E-state index is -4.45. The van der Waals surface area contributed by atoms with Crippen LogP contribution < -0.4 is 10.5 Å². The highest BCUT2D eigenvalue weighted by Gasteiger charge is 2.35. The van der Waals surface area contributed by atoms with Crippen molar-refractivity contribution >= 4 is 11.3 Å². The number of ether oxygens (including phenoxy) is 1. The molecular formula is C6H8F3N3OS. The Morgan fingerprint density at radius 3 is 2.57 bits per heavy atom. The van der Waals surface area contributed by atoms with Crippen molar-refractivity contribution in [3.8, 4) is 5.19 Å². The normalized spacial score (nSPS) is 11.7. The average Bonchev–Trinajstić information content (AvgIpc) is 2.52. The van der Waals surface area contributed by atoms with E-state index in [0.29, 0.717) is 24.3 Å². The van der Waals surface area contributed by atoms with Gasteiger partial charge in [-0.2, -0.15) is 13.2 Å². The van der Waals surface area contributed by atoms with Gasteiger partial charge in [-0.15, -0.1) is 5.10 Å². The van der Waals surface area contributed by atoms with Crippen molar-refractivity contribution in [3.05, 3.63) is 5.01 Å². The van der Waals surface area contributed by atoms with Crippen LogP contribution in [0.2, 0.25) is 0 Å². The number of hydrogen-bond donors (Lipinski definition) is 1. The highest BCUT2D eigenvalue weighted by molar-refractivity contribution is 7.13. The monoisotopic (exact) mass is 227 g/mol. The smallest absolute Gasteiger partial charge is 0.445 e. The summed E-state index contributed by atoms with van der Waals surface area (Å²) in [6.45, 7) is 0.675. The van der Waals surface area contributed by atoms with E-state index in [1.54, 1.807) is 0 Å². The fourth-order valence-electron chi connectivity index (χ4n) is 0.625. The van der Waals surface area contributed by atoms with Crippen LogP contribution in [0.25, 0.3) is 0 Å². The fraction of sp³-hybridized carbons (Fsp3) is 0.667. The summed E-state index contributed by atoms with van der Waals surface area (Å²) in [7, 11) is 0. The van der Waals surface area contributed by atoms with Crippen molar-refractivity contribution in [2.45, 2.75) is 12.6 Å². The number of halogens is 3. The lowest BCUT2D eigenvalue weighted by atomic mass is 10.5. The van der Waals surface area contributed by atoms with Crippen molar-refractivity contribution in [2.24, 2.45) is 5.73 Å². The Balaban J connectivity index is 2.51. The van der Waals surface area contributed by atoms with Gasteiger partial charge >= 0.3 is 6.18 Å². The Hall–Kier alpha value is -0.890. The quantitative estimate of drug-likeness (QED) is 0.787. The number of rotatable bonds is 4. The minimum absolute atomic E-state index is 0.0780. The number of alkyl halides is 3. The summed E-state index contributed by atoms with van der Waals surface area (Å²) >= 11 is 0.380. The molecule has 0 aliphatic carbocycles. The van der Waals surface area contributed by atoms with Gasteiger partial charge in [0.15, 0.2) is 0 Å². The van der Waals surface area contributed by atoms with Gasteiger partial charge in [0.05, 0.1) is 6.61 Å². The van der Waals surface area contributed by atoms with Crippen molar-refractivity contribution in [1.29, 1.82) is 0 Å². The molecule has 4 nitrogen and oxygen atoms in total. The molecule has 80 valence electrons. The molecule has 14 heavy (non-hydrogen) atoms. The molecular weight excluding hydrogens is 219 g/mol. The Kier molecular flexibility index (Phi) is 3.64. The summed E-state index contributed by atoms with van der Waals surface area (Å²) in [4.78, 5) is 0. The lowest BCUT2D eigenvalue weighted by molar-refractivity contribution is -0.138. The zero-order valence-corrected chi connectivity index (χ0v) is 7.86. The van der Waals surface area contributed by atoms with Gasteiger partial charge in [-0.05, 0) is 13.0 Å². The van der Waals surface area contributed by atoms with Gasteiger partial charge in [-0.1, -0.05) is 16.4 Å². The fourth-order valence-corrected chi connectivity index (χ4v) is 1.21. The standard InChI is InChI=1S/C6H8F3N3OS/c7-6(8,9)4-11-12-5(14-4)13-3-1-2-10/h1-3,10H2. The van der Waals surface area contributed by atoms with Gasteiger partial charge in [0.2, 0.25) is 5.01 Å². The first-order valence-corrected chi connectivity index (χ1v) is 4.59. The van der Waals surface area contributed by atoms with Crippen LogP contribution in [0.4, 0.5) is 13.2 Å². The minimum Gasteiger partial charge on any atom is -0.469 e. The first kappa shape index (κ1) is 11.2. The number of nitrogens with zero attached hydrogens (tertiary/aromatic N) is 2. The summed E-state index contributed by atoms with van der Waals surface area (Å²) in [5, 5.41) is 5.12. The second kappa shape index (κ2) is 4.56. The molecule has 0 aromatic carbocycles. The second-order valence-electron chi connectivity index (χ2n) is 2.36. The maximum Gasteiger partial charge on any atom is 0.445 e. The predicted octanol–water partition coefficient (Wildman–Crippen LogP) is 1.28. The molecule has 0 atom stereocenters. The number of hydrogen-bond acceptors (Lipinski definition) is 5. The van der Waals surface area contributed by atoms with Crippen LogP contribution in [0.15, 0.2) is 0 Å². The lowest BCUT2D eigenvalue weighted by Crippen LogP contribution is -2.05. The summed E-state index contributed by atoms with van der Waals surface area (Å²) < 4.78 is 41.0. The largest absolute Gasteiger partial charge is 0.469 e. The lowest BCUT2D eigenvalue weighted by Gasteiger charge is -1.99. The van der Waals surface area contributed by atoms with E-state index < -0.39 is 11.2 Å². The van der Waals surface area contributed by atoms with E-state index in [-0.39, 0.29) is 11.8 Å². The molecule has 8 heteroatoms. The van der Waals surface area contributed by atoms with E-state index >= 15 is 0 Å². The van der Waals surface area contributed by atoms with Gasteiger partial charge < -0.3 is 10.5 Å². The maximum atomic E-state index is 12.0. The van der Waals surface area contributed by atoms with Crippen LogP contribution in [0, 0.1) is 0 Å². The topological polar surface area (TPSA) is 61.0 Å². The zero-order chi connectivity index (χ0) is 10.6. The third kappa shape index (κ3) is 3.11. The van der Waals surface area contributed by atoms with Crippen LogP contribution in [-0.4, -0.2) is 23.3 Å². The van der Waals surface area contributed by atoms with E-state index in [9.17, 15) is 13.2 Å². The van der Waals surface area contributed by atoms with E-state index in [2.05, 4.69) is 10.2 Å². The summed E-state index contributed by atoms with van der Waals surface area (Å²) in [6.07, 6.45) is -3.88. The molecule has 0 bridgehead atoms. The van der Waals surface area contributed by atoms with Crippen molar-refractivity contribution in [1.82, 2.24) is 10.2 Å². The van der Waals surface area contributed by atoms with E-state index in [1.807, 2.05) is 0 Å². The van der Waals surface area contributed by atoms with Crippen molar-refractivity contribution in [3.63, 3.8) is 0 Å². The van der Waals surface area contributed by atoms with Gasteiger partial charge in [0.1, 0.15) is 0 Å². The third-order valence-corrected chi connectivity index (χ3v) is 2.10. The molecule has 0 fully saturated rings. The molecule has 0 radical (unpaired) electrons. The molecule has 0 spiro atoms. The summed E-state index contributed by atoms with van der Waals surface area (Å²) in [5.41, 5.74) is 5.17. The number of aromatic nitrogens is 2. The third-order valence-electron chi connectivity index (χ3n) is 1.22. The van der Waals surface area contributed by atoms with E-state index in [4.69, 9.17) is 10.5 Å². The Morgan fingerprint density at radius 2 is 2.07 bits per heavy atom. The van der Waals surface area contributed by atoms with Gasteiger partial charge in [-0.25, -0.2) is 0 Å². The molecule has 0 aliphatic heterocycles. The highest BCUT2D eigenvalue weighted by atomic mass is 32.1. The second-order valence-corrected chi connectivity index (χ2v) is 3.30. The van der Waals surface area contributed by atoms with Crippen LogP contribution in [0.3, 0.4) is 0 Å². The molecule has 0 aliphatic rings. The highest BCUT2D eigenvalue weighted by Crippen LogP contribution is 2.33. The molecule has 0 amide bonds.